The first-order valence-electron chi connectivity index (χ1n) is 7.90. The fraction of sp³-hybridized carbons (Fsp3) is 0.300. The quantitative estimate of drug-likeness (QED) is 0.504. The Morgan fingerprint density at radius 1 is 0.920 bits per heavy atom. The monoisotopic (exact) mass is 378 g/mol. The molecule has 0 amide bonds. The molecular weight excluding hydrogens is 359 g/mol. The number of Topliss-reactive ketones (excluding diaryl/α,β-unsaturated/α-hetero) is 1. The zero-order valence-electron chi connectivity index (χ0n) is 14.6. The molecule has 0 bridgehead atoms. The second kappa shape index (κ2) is 7.59. The molecule has 2 aromatic carbocycles. The Bertz CT molecular complexity index is 790. The molecule has 132 valence electrons. The van der Waals surface area contributed by atoms with Crippen molar-refractivity contribution in [2.45, 2.75) is 39.2 Å². The molecule has 25 heavy (non-hydrogen) atoms. The van der Waals surface area contributed by atoms with Gasteiger partial charge in [0.1, 0.15) is 0 Å². The van der Waals surface area contributed by atoms with Gasteiger partial charge < -0.3 is 4.74 Å². The second-order valence-corrected chi connectivity index (χ2v) is 7.68. The van der Waals surface area contributed by atoms with Crippen LogP contribution in [-0.2, 0) is 10.2 Å². The number of ether oxygens (including phenoxy) is 1. The summed E-state index contributed by atoms with van der Waals surface area (Å²) >= 11 is 11.7. The Kier molecular flexibility index (Phi) is 5.91. The first kappa shape index (κ1) is 19.5. The molecule has 0 saturated heterocycles. The van der Waals surface area contributed by atoms with E-state index in [0.717, 1.165) is 5.56 Å². The molecule has 3 nitrogen and oxygen atoms in total. The molecule has 1 atom stereocenters. The standard InChI is InChI=1S/C20H20Cl2O3/c1-12(25-19(24)14-7-10-16(21)17(22)11-14)18(23)13-5-8-15(9-6-13)20(2,3)4/h5-12H,1-4H3/t12-/m1/s1. The maximum absolute atomic E-state index is 12.5. The zero-order chi connectivity index (χ0) is 18.8. The smallest absolute Gasteiger partial charge is 0.338 e. The van der Waals surface area contributed by atoms with Gasteiger partial charge in [-0.05, 0) is 36.1 Å². The summed E-state index contributed by atoms with van der Waals surface area (Å²) in [6.07, 6.45) is -0.901. The van der Waals surface area contributed by atoms with E-state index in [9.17, 15) is 9.59 Å². The van der Waals surface area contributed by atoms with Gasteiger partial charge in [-0.2, -0.15) is 0 Å². The summed E-state index contributed by atoms with van der Waals surface area (Å²) in [7, 11) is 0. The van der Waals surface area contributed by atoms with E-state index < -0.39 is 12.1 Å². The van der Waals surface area contributed by atoms with Crippen LogP contribution in [0.15, 0.2) is 42.5 Å². The maximum Gasteiger partial charge on any atom is 0.338 e. The summed E-state index contributed by atoms with van der Waals surface area (Å²) < 4.78 is 5.25. The normalized spacial score (nSPS) is 12.6. The minimum atomic E-state index is -0.901. The summed E-state index contributed by atoms with van der Waals surface area (Å²) in [6, 6.07) is 11.8. The lowest BCUT2D eigenvalue weighted by atomic mass is 9.86. The van der Waals surface area contributed by atoms with E-state index in [2.05, 4.69) is 20.8 Å². The molecule has 0 aliphatic carbocycles. The third-order valence-electron chi connectivity index (χ3n) is 3.84. The van der Waals surface area contributed by atoms with E-state index in [1.165, 1.54) is 18.2 Å². The van der Waals surface area contributed by atoms with Crippen LogP contribution in [0.4, 0.5) is 0 Å². The van der Waals surface area contributed by atoms with Crippen molar-refractivity contribution in [3.05, 3.63) is 69.2 Å². The fourth-order valence-corrected chi connectivity index (χ4v) is 2.57. The highest BCUT2D eigenvalue weighted by Gasteiger charge is 2.22. The van der Waals surface area contributed by atoms with E-state index in [4.69, 9.17) is 27.9 Å². The minimum absolute atomic E-state index is 0.00745. The van der Waals surface area contributed by atoms with Crippen molar-refractivity contribution in [1.29, 1.82) is 0 Å². The van der Waals surface area contributed by atoms with Crippen molar-refractivity contribution in [3.8, 4) is 0 Å². The van der Waals surface area contributed by atoms with Gasteiger partial charge in [0, 0.05) is 5.56 Å². The average molecular weight is 379 g/mol. The fourth-order valence-electron chi connectivity index (χ4n) is 2.27. The molecule has 0 spiro atoms. The Morgan fingerprint density at radius 2 is 1.48 bits per heavy atom. The first-order valence-corrected chi connectivity index (χ1v) is 8.66. The van der Waals surface area contributed by atoms with Crippen molar-refractivity contribution in [3.63, 3.8) is 0 Å². The molecule has 0 fully saturated rings. The predicted molar refractivity (Wildman–Crippen MR) is 101 cm³/mol. The third kappa shape index (κ3) is 4.83. The number of halogens is 2. The predicted octanol–water partition coefficient (Wildman–Crippen LogP) is 5.72. The van der Waals surface area contributed by atoms with Crippen LogP contribution < -0.4 is 0 Å². The van der Waals surface area contributed by atoms with Crippen LogP contribution >= 0.6 is 23.2 Å². The van der Waals surface area contributed by atoms with Crippen molar-refractivity contribution in [1.82, 2.24) is 0 Å². The van der Waals surface area contributed by atoms with Crippen LogP contribution in [-0.4, -0.2) is 17.9 Å². The molecule has 0 aromatic heterocycles. The molecule has 0 unspecified atom stereocenters. The molecule has 0 N–H and O–H groups in total. The van der Waals surface area contributed by atoms with Gasteiger partial charge in [-0.15, -0.1) is 0 Å². The van der Waals surface area contributed by atoms with Crippen molar-refractivity contribution < 1.29 is 14.3 Å². The Hall–Kier alpha value is -1.84. The van der Waals surface area contributed by atoms with Gasteiger partial charge in [-0.3, -0.25) is 4.79 Å². The van der Waals surface area contributed by atoms with Gasteiger partial charge in [0.2, 0.25) is 5.78 Å². The summed E-state index contributed by atoms with van der Waals surface area (Å²) in [5.74, 6) is -0.875. The first-order chi connectivity index (χ1) is 11.6. The molecule has 2 rings (SSSR count). The van der Waals surface area contributed by atoms with Crippen LogP contribution in [0.3, 0.4) is 0 Å². The molecule has 0 aliphatic heterocycles. The number of esters is 1. The van der Waals surface area contributed by atoms with E-state index in [-0.39, 0.29) is 21.8 Å². The van der Waals surface area contributed by atoms with Crippen LogP contribution in [0.25, 0.3) is 0 Å². The minimum Gasteiger partial charge on any atom is -0.451 e. The largest absolute Gasteiger partial charge is 0.451 e. The molecule has 2 aromatic rings. The lowest BCUT2D eigenvalue weighted by Crippen LogP contribution is -2.24. The number of hydrogen-bond acceptors (Lipinski definition) is 3. The molecule has 0 radical (unpaired) electrons. The van der Waals surface area contributed by atoms with Crippen molar-refractivity contribution >= 4 is 35.0 Å². The molecule has 0 aliphatic rings. The van der Waals surface area contributed by atoms with Crippen LogP contribution in [0, 0.1) is 0 Å². The molecule has 0 saturated carbocycles. The summed E-state index contributed by atoms with van der Waals surface area (Å²) in [5.41, 5.74) is 1.89. The summed E-state index contributed by atoms with van der Waals surface area (Å²) in [4.78, 5) is 24.6. The highest BCUT2D eigenvalue weighted by Crippen LogP contribution is 2.24. The zero-order valence-corrected chi connectivity index (χ0v) is 16.1. The third-order valence-corrected chi connectivity index (χ3v) is 4.58. The Labute approximate surface area is 157 Å². The number of rotatable bonds is 4. The number of benzene rings is 2. The van der Waals surface area contributed by atoms with E-state index in [1.54, 1.807) is 19.1 Å². The average Bonchev–Trinajstić information content (AvgIpc) is 2.55. The SMILES string of the molecule is C[C@@H](OC(=O)c1ccc(Cl)c(Cl)c1)C(=O)c1ccc(C(C)(C)C)cc1. The second-order valence-electron chi connectivity index (χ2n) is 6.87. The molecule has 5 heteroatoms. The molecular formula is C20H20Cl2O3. The van der Waals surface area contributed by atoms with Gasteiger partial charge in [-0.1, -0.05) is 68.2 Å². The highest BCUT2D eigenvalue weighted by molar-refractivity contribution is 6.42. The van der Waals surface area contributed by atoms with E-state index in [0.29, 0.717) is 10.6 Å². The van der Waals surface area contributed by atoms with Crippen LogP contribution in [0.1, 0.15) is 54.0 Å². The van der Waals surface area contributed by atoms with Gasteiger partial charge in [0.15, 0.2) is 6.10 Å². The van der Waals surface area contributed by atoms with Gasteiger partial charge in [0.25, 0.3) is 0 Å². The van der Waals surface area contributed by atoms with Crippen molar-refractivity contribution in [2.75, 3.05) is 0 Å². The lowest BCUT2D eigenvalue weighted by Gasteiger charge is -2.19. The summed E-state index contributed by atoms with van der Waals surface area (Å²) in [6.45, 7) is 7.86. The van der Waals surface area contributed by atoms with Crippen molar-refractivity contribution in [2.24, 2.45) is 0 Å². The topological polar surface area (TPSA) is 43.4 Å². The Balaban J connectivity index is 2.09. The lowest BCUT2D eigenvalue weighted by molar-refractivity contribution is 0.0319. The van der Waals surface area contributed by atoms with Gasteiger partial charge >= 0.3 is 5.97 Å². The van der Waals surface area contributed by atoms with Crippen LogP contribution in [0.2, 0.25) is 10.0 Å². The van der Waals surface area contributed by atoms with Gasteiger partial charge in [0.05, 0.1) is 15.6 Å². The molecule has 0 heterocycles. The number of hydrogen-bond donors (Lipinski definition) is 0. The van der Waals surface area contributed by atoms with E-state index >= 15 is 0 Å². The number of carbonyl (C=O) groups is 2. The Morgan fingerprint density at radius 3 is 2.00 bits per heavy atom. The maximum atomic E-state index is 12.5. The number of carbonyl (C=O) groups excluding carboxylic acids is 2. The highest BCUT2D eigenvalue weighted by atomic mass is 35.5. The van der Waals surface area contributed by atoms with Gasteiger partial charge in [-0.25, -0.2) is 4.79 Å². The number of ketones is 1. The summed E-state index contributed by atoms with van der Waals surface area (Å²) in [5, 5.41) is 0.606. The van der Waals surface area contributed by atoms with Crippen LogP contribution in [0.5, 0.6) is 0 Å². The van der Waals surface area contributed by atoms with E-state index in [1.807, 2.05) is 12.1 Å².